The van der Waals surface area contributed by atoms with Crippen LogP contribution in [0.15, 0.2) is 27.9 Å². The molecule has 74 valence electrons. The quantitative estimate of drug-likeness (QED) is 0.678. The van der Waals surface area contributed by atoms with E-state index in [-0.39, 0.29) is 0 Å². The minimum atomic E-state index is 0.658. The normalized spacial score (nSPS) is 18.5. The first kappa shape index (κ1) is 9.13. The van der Waals surface area contributed by atoms with Gasteiger partial charge in [-0.15, -0.1) is 0 Å². The summed E-state index contributed by atoms with van der Waals surface area (Å²) in [5.74, 6) is 2.86. The van der Waals surface area contributed by atoms with Crippen LogP contribution in [0.3, 0.4) is 0 Å². The van der Waals surface area contributed by atoms with E-state index in [0.29, 0.717) is 6.61 Å². The summed E-state index contributed by atoms with van der Waals surface area (Å²) >= 11 is 0. The second kappa shape index (κ2) is 3.37. The molecule has 2 nitrogen and oxygen atoms in total. The third-order valence-electron chi connectivity index (χ3n) is 2.25. The van der Waals surface area contributed by atoms with Crippen LogP contribution in [0.4, 0.5) is 0 Å². The van der Waals surface area contributed by atoms with E-state index >= 15 is 0 Å². The molecule has 14 heavy (non-hydrogen) atoms. The zero-order valence-electron chi connectivity index (χ0n) is 8.76. The van der Waals surface area contributed by atoms with Crippen molar-refractivity contribution in [3.8, 4) is 0 Å². The lowest BCUT2D eigenvalue weighted by molar-refractivity contribution is 0.264. The monoisotopic (exact) mass is 190 g/mol. The van der Waals surface area contributed by atoms with Gasteiger partial charge in [0.25, 0.3) is 0 Å². The number of aryl methyl sites for hydroxylation is 2. The molecule has 0 radical (unpaired) electrons. The van der Waals surface area contributed by atoms with Crippen LogP contribution in [0.25, 0.3) is 6.08 Å². The lowest BCUT2D eigenvalue weighted by atomic mass is 10.2. The van der Waals surface area contributed by atoms with Crippen molar-refractivity contribution >= 4 is 6.08 Å². The summed E-state index contributed by atoms with van der Waals surface area (Å²) in [5, 5.41) is 0. The van der Waals surface area contributed by atoms with Gasteiger partial charge in [-0.1, -0.05) is 0 Å². The van der Waals surface area contributed by atoms with Crippen molar-refractivity contribution in [3.63, 3.8) is 0 Å². The average Bonchev–Trinajstić information content (AvgIpc) is 2.61. The van der Waals surface area contributed by atoms with Gasteiger partial charge < -0.3 is 9.15 Å². The molecular weight excluding hydrogens is 176 g/mol. The van der Waals surface area contributed by atoms with Crippen molar-refractivity contribution < 1.29 is 9.15 Å². The lowest BCUT2D eigenvalue weighted by Crippen LogP contribution is -1.83. The summed E-state index contributed by atoms with van der Waals surface area (Å²) in [7, 11) is 0. The van der Waals surface area contributed by atoms with Gasteiger partial charge in [0.15, 0.2) is 0 Å². The standard InChI is InChI=1S/C12H14O2/c1-8-4-10(3)14-12(8)6-11-5-9(2)13-7-11/h4-6H,7H2,1-3H3/b11-6-. The zero-order chi connectivity index (χ0) is 10.1. The van der Waals surface area contributed by atoms with Crippen LogP contribution in [0.1, 0.15) is 24.0 Å². The predicted molar refractivity (Wildman–Crippen MR) is 55.9 cm³/mol. The van der Waals surface area contributed by atoms with Crippen LogP contribution in [-0.4, -0.2) is 6.61 Å². The van der Waals surface area contributed by atoms with Crippen LogP contribution in [0.5, 0.6) is 0 Å². The molecular formula is C12H14O2. The fraction of sp³-hybridized carbons (Fsp3) is 0.333. The molecule has 2 heteroatoms. The van der Waals surface area contributed by atoms with Crippen LogP contribution < -0.4 is 0 Å². The van der Waals surface area contributed by atoms with Crippen LogP contribution in [0.2, 0.25) is 0 Å². The van der Waals surface area contributed by atoms with Crippen LogP contribution in [0, 0.1) is 13.8 Å². The van der Waals surface area contributed by atoms with Crippen molar-refractivity contribution in [1.82, 2.24) is 0 Å². The van der Waals surface area contributed by atoms with E-state index in [1.165, 1.54) is 11.1 Å². The lowest BCUT2D eigenvalue weighted by Gasteiger charge is -1.94. The molecule has 0 saturated heterocycles. The molecule has 0 N–H and O–H groups in total. The topological polar surface area (TPSA) is 22.4 Å². The van der Waals surface area contributed by atoms with E-state index < -0.39 is 0 Å². The average molecular weight is 190 g/mol. The second-order valence-electron chi connectivity index (χ2n) is 3.67. The molecule has 0 saturated carbocycles. The molecule has 0 bridgehead atoms. The van der Waals surface area contributed by atoms with E-state index in [1.807, 2.05) is 32.1 Å². The number of allylic oxidation sites excluding steroid dienone is 1. The first-order valence-electron chi connectivity index (χ1n) is 4.74. The molecule has 1 aliphatic heterocycles. The van der Waals surface area contributed by atoms with Crippen molar-refractivity contribution in [2.45, 2.75) is 20.8 Å². The smallest absolute Gasteiger partial charge is 0.130 e. The summed E-state index contributed by atoms with van der Waals surface area (Å²) in [4.78, 5) is 0. The van der Waals surface area contributed by atoms with Crippen LogP contribution >= 0.6 is 0 Å². The molecule has 0 aliphatic carbocycles. The first-order chi connectivity index (χ1) is 6.65. The van der Waals surface area contributed by atoms with E-state index in [2.05, 4.69) is 6.92 Å². The van der Waals surface area contributed by atoms with Crippen molar-refractivity contribution in [3.05, 3.63) is 40.6 Å². The largest absolute Gasteiger partial charge is 0.494 e. The Hall–Kier alpha value is -1.44. The van der Waals surface area contributed by atoms with Gasteiger partial charge in [0.2, 0.25) is 0 Å². The summed E-state index contributed by atoms with van der Waals surface area (Å²) in [6.45, 7) is 6.63. The van der Waals surface area contributed by atoms with Gasteiger partial charge in [-0.2, -0.15) is 0 Å². The van der Waals surface area contributed by atoms with Crippen LogP contribution in [-0.2, 0) is 4.74 Å². The SMILES string of the molecule is CC1=C/C(=C/c2oc(C)cc2C)CO1. The molecule has 0 fully saturated rings. The van der Waals surface area contributed by atoms with E-state index in [4.69, 9.17) is 9.15 Å². The van der Waals surface area contributed by atoms with E-state index in [0.717, 1.165) is 17.3 Å². The molecule has 1 aromatic heterocycles. The summed E-state index contributed by atoms with van der Waals surface area (Å²) in [5.41, 5.74) is 2.34. The predicted octanol–water partition coefficient (Wildman–Crippen LogP) is 3.21. The third kappa shape index (κ3) is 1.74. The molecule has 2 heterocycles. The number of furan rings is 1. The van der Waals surface area contributed by atoms with Gasteiger partial charge in [-0.25, -0.2) is 0 Å². The maximum atomic E-state index is 5.55. The highest BCUT2D eigenvalue weighted by Gasteiger charge is 2.08. The summed E-state index contributed by atoms with van der Waals surface area (Å²) < 4.78 is 10.9. The van der Waals surface area contributed by atoms with Gasteiger partial charge in [0.1, 0.15) is 18.1 Å². The first-order valence-corrected chi connectivity index (χ1v) is 4.74. The number of hydrogen-bond acceptors (Lipinski definition) is 2. The molecule has 1 aromatic rings. The Morgan fingerprint density at radius 1 is 1.29 bits per heavy atom. The van der Waals surface area contributed by atoms with Gasteiger partial charge in [-0.3, -0.25) is 0 Å². The molecule has 2 rings (SSSR count). The van der Waals surface area contributed by atoms with E-state index in [9.17, 15) is 0 Å². The number of hydrogen-bond donors (Lipinski definition) is 0. The minimum absolute atomic E-state index is 0.658. The Kier molecular flexibility index (Phi) is 2.20. The Balaban J connectivity index is 2.29. The summed E-state index contributed by atoms with van der Waals surface area (Å²) in [6, 6.07) is 2.04. The van der Waals surface area contributed by atoms with Crippen molar-refractivity contribution in [2.24, 2.45) is 0 Å². The second-order valence-corrected chi connectivity index (χ2v) is 3.67. The summed E-state index contributed by atoms with van der Waals surface area (Å²) in [6.07, 6.45) is 4.08. The fourth-order valence-electron chi connectivity index (χ4n) is 1.60. The van der Waals surface area contributed by atoms with Gasteiger partial charge >= 0.3 is 0 Å². The highest BCUT2D eigenvalue weighted by Crippen LogP contribution is 2.21. The number of rotatable bonds is 1. The highest BCUT2D eigenvalue weighted by molar-refractivity contribution is 5.56. The van der Waals surface area contributed by atoms with E-state index in [1.54, 1.807) is 0 Å². The molecule has 0 aromatic carbocycles. The Morgan fingerprint density at radius 3 is 2.57 bits per heavy atom. The zero-order valence-corrected chi connectivity index (χ0v) is 8.76. The maximum Gasteiger partial charge on any atom is 0.130 e. The molecule has 0 amide bonds. The Morgan fingerprint density at radius 2 is 2.07 bits per heavy atom. The molecule has 0 spiro atoms. The Bertz CT molecular complexity index is 408. The molecule has 0 atom stereocenters. The van der Waals surface area contributed by atoms with Crippen molar-refractivity contribution in [1.29, 1.82) is 0 Å². The maximum absolute atomic E-state index is 5.55. The third-order valence-corrected chi connectivity index (χ3v) is 2.25. The van der Waals surface area contributed by atoms with Gasteiger partial charge in [0.05, 0.1) is 5.76 Å². The minimum Gasteiger partial charge on any atom is -0.494 e. The van der Waals surface area contributed by atoms with Crippen molar-refractivity contribution in [2.75, 3.05) is 6.61 Å². The highest BCUT2D eigenvalue weighted by atomic mass is 16.5. The fourth-order valence-corrected chi connectivity index (χ4v) is 1.60. The van der Waals surface area contributed by atoms with Gasteiger partial charge in [-0.05, 0) is 50.1 Å². The van der Waals surface area contributed by atoms with Gasteiger partial charge in [0, 0.05) is 0 Å². The molecule has 1 aliphatic rings. The number of ether oxygens (including phenoxy) is 1. The Labute approximate surface area is 83.9 Å². The molecule has 0 unspecified atom stereocenters.